The minimum absolute atomic E-state index is 0.118. The number of piperidine rings is 1. The van der Waals surface area contributed by atoms with Gasteiger partial charge in [0.05, 0.1) is 12.0 Å². The smallest absolute Gasteiger partial charge is 0.243 e. The van der Waals surface area contributed by atoms with Gasteiger partial charge < -0.3 is 14.6 Å². The van der Waals surface area contributed by atoms with Crippen molar-refractivity contribution in [1.29, 1.82) is 0 Å². The number of amides is 1. The number of carbonyl (C=O) groups excluding carboxylic acids is 1. The number of aryl methyl sites for hydroxylation is 3. The van der Waals surface area contributed by atoms with E-state index < -0.39 is 16.1 Å². The van der Waals surface area contributed by atoms with Gasteiger partial charge in [-0.2, -0.15) is 4.31 Å². The van der Waals surface area contributed by atoms with Crippen LogP contribution in [0.15, 0.2) is 59.8 Å². The van der Waals surface area contributed by atoms with Gasteiger partial charge in [0.1, 0.15) is 17.6 Å². The maximum atomic E-state index is 13.3. The molecule has 3 aromatic rings. The van der Waals surface area contributed by atoms with E-state index in [0.29, 0.717) is 42.4 Å². The molecule has 35 heavy (non-hydrogen) atoms. The summed E-state index contributed by atoms with van der Waals surface area (Å²) in [4.78, 5) is 18.1. The lowest BCUT2D eigenvalue weighted by Crippen LogP contribution is -2.44. The third-order valence-electron chi connectivity index (χ3n) is 6.63. The molecule has 0 saturated carbocycles. The molecule has 0 bridgehead atoms. The van der Waals surface area contributed by atoms with Crippen molar-refractivity contribution in [2.24, 2.45) is 13.0 Å². The highest BCUT2D eigenvalue weighted by Gasteiger charge is 2.34. The number of nitrogens with one attached hydrogen (secondary N) is 1. The highest BCUT2D eigenvalue weighted by molar-refractivity contribution is 7.89. The highest BCUT2D eigenvalue weighted by Crippen LogP contribution is 2.31. The predicted octanol–water partition coefficient (Wildman–Crippen LogP) is 3.35. The van der Waals surface area contributed by atoms with Crippen LogP contribution in [0.5, 0.6) is 5.75 Å². The lowest BCUT2D eigenvalue weighted by atomic mass is 9.96. The van der Waals surface area contributed by atoms with Crippen molar-refractivity contribution in [2.75, 3.05) is 20.2 Å². The number of imidazole rings is 1. The number of para-hydroxylation sites is 1. The summed E-state index contributed by atoms with van der Waals surface area (Å²) in [5, 5.41) is 3.15. The van der Waals surface area contributed by atoms with Crippen molar-refractivity contribution in [3.05, 3.63) is 77.4 Å². The average Bonchev–Trinajstić information content (AvgIpc) is 3.27. The largest absolute Gasteiger partial charge is 0.496 e. The van der Waals surface area contributed by atoms with Crippen LogP contribution in [0.25, 0.3) is 0 Å². The molecule has 0 aliphatic carbocycles. The van der Waals surface area contributed by atoms with Gasteiger partial charge >= 0.3 is 0 Å². The Hall–Kier alpha value is -3.17. The summed E-state index contributed by atoms with van der Waals surface area (Å²) in [6.07, 6.45) is 4.44. The van der Waals surface area contributed by atoms with E-state index in [1.807, 2.05) is 68.1 Å². The second kappa shape index (κ2) is 10.2. The number of aromatic nitrogens is 2. The van der Waals surface area contributed by atoms with Gasteiger partial charge in [0.15, 0.2) is 0 Å². The molecular weight excluding hydrogens is 464 g/mol. The minimum atomic E-state index is -3.60. The van der Waals surface area contributed by atoms with Gasteiger partial charge in [0, 0.05) is 44.0 Å². The second-order valence-corrected chi connectivity index (χ2v) is 10.9. The maximum Gasteiger partial charge on any atom is 0.243 e. The molecule has 1 unspecified atom stereocenters. The van der Waals surface area contributed by atoms with Crippen molar-refractivity contribution in [3.63, 3.8) is 0 Å². The summed E-state index contributed by atoms with van der Waals surface area (Å²) in [7, 11) is -0.121. The second-order valence-electron chi connectivity index (χ2n) is 9.03. The molecule has 1 aliphatic rings. The van der Waals surface area contributed by atoms with Gasteiger partial charge in [0.2, 0.25) is 15.9 Å². The van der Waals surface area contributed by atoms with Crippen molar-refractivity contribution in [2.45, 2.75) is 37.6 Å². The van der Waals surface area contributed by atoms with E-state index in [-0.39, 0.29) is 11.8 Å². The SMILES string of the molecule is COc1ccccc1C(NC(=O)C1CCN(S(=O)(=O)c2ccc(C)cc2C)CC1)c1nccn1C. The molecule has 8 nitrogen and oxygen atoms in total. The van der Waals surface area contributed by atoms with E-state index >= 15 is 0 Å². The predicted molar refractivity (Wildman–Crippen MR) is 134 cm³/mol. The summed E-state index contributed by atoms with van der Waals surface area (Å²) in [5.74, 6) is 0.943. The molecule has 1 aromatic heterocycles. The standard InChI is InChI=1S/C26H32N4O4S/c1-18-9-10-23(19(2)17-18)35(32,33)30-14-11-20(12-15-30)26(31)28-24(25-27-13-16-29(25)3)21-7-5-6-8-22(21)34-4/h5-10,13,16-17,20,24H,11-12,14-15H2,1-4H3,(H,28,31). The molecule has 2 heterocycles. The van der Waals surface area contributed by atoms with Crippen LogP contribution in [0.1, 0.15) is 41.4 Å². The molecule has 1 saturated heterocycles. The van der Waals surface area contributed by atoms with E-state index in [0.717, 1.165) is 16.7 Å². The molecule has 4 rings (SSSR count). The zero-order valence-electron chi connectivity index (χ0n) is 20.6. The molecule has 0 spiro atoms. The first kappa shape index (κ1) is 24.9. The third kappa shape index (κ3) is 5.11. The Morgan fingerprint density at radius 1 is 1.14 bits per heavy atom. The first-order valence-electron chi connectivity index (χ1n) is 11.7. The number of methoxy groups -OCH3 is 1. The number of nitrogens with zero attached hydrogens (tertiary/aromatic N) is 3. The minimum Gasteiger partial charge on any atom is -0.496 e. The summed E-state index contributed by atoms with van der Waals surface area (Å²) in [5.41, 5.74) is 2.57. The monoisotopic (exact) mass is 496 g/mol. The van der Waals surface area contributed by atoms with Crippen LogP contribution in [0.4, 0.5) is 0 Å². The van der Waals surface area contributed by atoms with Gasteiger partial charge in [-0.25, -0.2) is 13.4 Å². The van der Waals surface area contributed by atoms with Crippen LogP contribution >= 0.6 is 0 Å². The first-order chi connectivity index (χ1) is 16.7. The summed E-state index contributed by atoms with van der Waals surface area (Å²) in [6.45, 7) is 4.36. The molecule has 186 valence electrons. The van der Waals surface area contributed by atoms with E-state index in [2.05, 4.69) is 10.3 Å². The summed E-state index contributed by atoms with van der Waals surface area (Å²) < 4.78 is 35.3. The van der Waals surface area contributed by atoms with Crippen molar-refractivity contribution in [3.8, 4) is 5.75 Å². The van der Waals surface area contributed by atoms with Crippen LogP contribution < -0.4 is 10.1 Å². The van der Waals surface area contributed by atoms with Gasteiger partial charge in [-0.15, -0.1) is 0 Å². The topological polar surface area (TPSA) is 93.5 Å². The first-order valence-corrected chi connectivity index (χ1v) is 13.1. The third-order valence-corrected chi connectivity index (χ3v) is 8.69. The molecule has 0 radical (unpaired) electrons. The number of hydrogen-bond acceptors (Lipinski definition) is 5. The molecule has 1 aliphatic heterocycles. The number of carbonyl (C=O) groups is 1. The Bertz CT molecular complexity index is 1310. The van der Waals surface area contributed by atoms with E-state index in [1.54, 1.807) is 19.4 Å². The Balaban J connectivity index is 1.50. The molecule has 1 fully saturated rings. The molecular formula is C26H32N4O4S. The number of sulfonamides is 1. The van der Waals surface area contributed by atoms with Gasteiger partial charge in [-0.1, -0.05) is 35.9 Å². The van der Waals surface area contributed by atoms with Gasteiger partial charge in [-0.3, -0.25) is 4.79 Å². The zero-order valence-corrected chi connectivity index (χ0v) is 21.4. The fourth-order valence-electron chi connectivity index (χ4n) is 4.69. The Kier molecular flexibility index (Phi) is 7.28. The summed E-state index contributed by atoms with van der Waals surface area (Å²) >= 11 is 0. The average molecular weight is 497 g/mol. The van der Waals surface area contributed by atoms with E-state index in [9.17, 15) is 13.2 Å². The molecule has 1 amide bonds. The van der Waals surface area contributed by atoms with E-state index in [1.165, 1.54) is 4.31 Å². The van der Waals surface area contributed by atoms with Crippen molar-refractivity contribution < 1.29 is 17.9 Å². The fraction of sp³-hybridized carbons (Fsp3) is 0.385. The maximum absolute atomic E-state index is 13.3. The van der Waals surface area contributed by atoms with E-state index in [4.69, 9.17) is 4.74 Å². The number of ether oxygens (including phenoxy) is 1. The number of benzene rings is 2. The quantitative estimate of drug-likeness (QED) is 0.542. The van der Waals surface area contributed by atoms with Crippen LogP contribution in [-0.2, 0) is 21.9 Å². The van der Waals surface area contributed by atoms with Crippen LogP contribution in [0, 0.1) is 19.8 Å². The molecule has 1 N–H and O–H groups in total. The fourth-order valence-corrected chi connectivity index (χ4v) is 6.36. The van der Waals surface area contributed by atoms with Gasteiger partial charge in [0.25, 0.3) is 0 Å². The molecule has 9 heteroatoms. The van der Waals surface area contributed by atoms with Crippen LogP contribution in [-0.4, -0.2) is 48.4 Å². The van der Waals surface area contributed by atoms with Crippen molar-refractivity contribution in [1.82, 2.24) is 19.2 Å². The number of hydrogen-bond donors (Lipinski definition) is 1. The van der Waals surface area contributed by atoms with Crippen LogP contribution in [0.2, 0.25) is 0 Å². The lowest BCUT2D eigenvalue weighted by Gasteiger charge is -2.32. The highest BCUT2D eigenvalue weighted by atomic mass is 32.2. The number of rotatable bonds is 7. The van der Waals surface area contributed by atoms with Crippen LogP contribution in [0.3, 0.4) is 0 Å². The Morgan fingerprint density at radius 3 is 2.49 bits per heavy atom. The Morgan fingerprint density at radius 2 is 1.86 bits per heavy atom. The zero-order chi connectivity index (χ0) is 25.2. The van der Waals surface area contributed by atoms with Gasteiger partial charge in [-0.05, 0) is 44.4 Å². The molecule has 1 atom stereocenters. The summed E-state index contributed by atoms with van der Waals surface area (Å²) in [6, 6.07) is 12.4. The van der Waals surface area contributed by atoms with Crippen molar-refractivity contribution >= 4 is 15.9 Å². The molecule has 2 aromatic carbocycles. The Labute approximate surface area is 207 Å². The normalized spacial score (nSPS) is 16.1. The lowest BCUT2D eigenvalue weighted by molar-refractivity contribution is -0.126.